The summed E-state index contributed by atoms with van der Waals surface area (Å²) >= 11 is 6.91. The second-order valence-corrected chi connectivity index (χ2v) is 5.89. The van der Waals surface area contributed by atoms with Gasteiger partial charge in [0.05, 0.1) is 4.47 Å². The molecule has 0 bridgehead atoms. The molecule has 0 saturated heterocycles. The Morgan fingerprint density at radius 2 is 1.89 bits per heavy atom. The average Bonchev–Trinajstić information content (AvgIpc) is 2.26. The number of hydrogen-bond acceptors (Lipinski definition) is 2. The summed E-state index contributed by atoms with van der Waals surface area (Å²) < 4.78 is 7.69. The molecule has 2 nitrogen and oxygen atoms in total. The molecule has 0 aliphatic heterocycles. The minimum Gasteiger partial charge on any atom is -0.488 e. The Morgan fingerprint density at radius 1 is 1.11 bits per heavy atom. The molecule has 0 unspecified atom stereocenters. The van der Waals surface area contributed by atoms with Gasteiger partial charge in [0, 0.05) is 10.2 Å². The van der Waals surface area contributed by atoms with Crippen LogP contribution in [-0.4, -0.2) is 0 Å². The van der Waals surface area contributed by atoms with Gasteiger partial charge in [-0.15, -0.1) is 0 Å². The van der Waals surface area contributed by atoms with Gasteiger partial charge in [-0.05, 0) is 64.3 Å². The number of halogens is 2. The molecule has 0 fully saturated rings. The van der Waals surface area contributed by atoms with E-state index in [4.69, 9.17) is 10.5 Å². The summed E-state index contributed by atoms with van der Waals surface area (Å²) in [6.45, 7) is 2.54. The second kappa shape index (κ2) is 5.76. The van der Waals surface area contributed by atoms with E-state index in [2.05, 4.69) is 31.9 Å². The predicted octanol–water partition coefficient (Wildman–Crippen LogP) is 4.68. The Hall–Kier alpha value is -1.000. The molecule has 2 aromatic rings. The van der Waals surface area contributed by atoms with Crippen LogP contribution in [0, 0.1) is 6.92 Å². The number of hydrogen-bond donors (Lipinski definition) is 1. The van der Waals surface area contributed by atoms with E-state index in [0.29, 0.717) is 6.61 Å². The highest BCUT2D eigenvalue weighted by atomic mass is 79.9. The molecule has 0 atom stereocenters. The van der Waals surface area contributed by atoms with Crippen molar-refractivity contribution in [2.24, 2.45) is 0 Å². The number of nitrogen functional groups attached to an aromatic ring is 1. The summed E-state index contributed by atoms with van der Waals surface area (Å²) in [5.41, 5.74) is 8.74. The molecule has 0 radical (unpaired) electrons. The first kappa shape index (κ1) is 13.4. The van der Waals surface area contributed by atoms with Crippen LogP contribution in [-0.2, 0) is 6.61 Å². The van der Waals surface area contributed by atoms with Crippen LogP contribution >= 0.6 is 31.9 Å². The number of nitrogens with two attached hydrogens (primary N) is 1. The van der Waals surface area contributed by atoms with Crippen molar-refractivity contribution in [3.8, 4) is 5.75 Å². The first-order valence-electron chi connectivity index (χ1n) is 5.48. The molecule has 2 N–H and O–H groups in total. The normalized spacial score (nSPS) is 10.4. The Labute approximate surface area is 123 Å². The van der Waals surface area contributed by atoms with Crippen LogP contribution in [0.4, 0.5) is 5.69 Å². The fourth-order valence-corrected chi connectivity index (χ4v) is 2.81. The molecule has 18 heavy (non-hydrogen) atoms. The van der Waals surface area contributed by atoms with E-state index in [9.17, 15) is 0 Å². The Morgan fingerprint density at radius 3 is 2.56 bits per heavy atom. The Bertz CT molecular complexity index is 549. The van der Waals surface area contributed by atoms with Crippen LogP contribution in [0.15, 0.2) is 45.3 Å². The van der Waals surface area contributed by atoms with E-state index in [1.807, 2.05) is 43.3 Å². The first-order valence-corrected chi connectivity index (χ1v) is 7.07. The zero-order valence-corrected chi connectivity index (χ0v) is 13.1. The molecule has 0 amide bonds. The van der Waals surface area contributed by atoms with Crippen LogP contribution in [0.5, 0.6) is 5.75 Å². The van der Waals surface area contributed by atoms with Gasteiger partial charge >= 0.3 is 0 Å². The number of anilines is 1. The number of rotatable bonds is 3. The van der Waals surface area contributed by atoms with Gasteiger partial charge in [-0.25, -0.2) is 0 Å². The fourth-order valence-electron chi connectivity index (χ4n) is 1.64. The third-order valence-electron chi connectivity index (χ3n) is 2.46. The van der Waals surface area contributed by atoms with Crippen LogP contribution < -0.4 is 10.5 Å². The average molecular weight is 371 g/mol. The van der Waals surface area contributed by atoms with Gasteiger partial charge in [-0.2, -0.15) is 0 Å². The monoisotopic (exact) mass is 369 g/mol. The van der Waals surface area contributed by atoms with Gasteiger partial charge in [0.25, 0.3) is 0 Å². The maximum atomic E-state index is 5.78. The SMILES string of the molecule is Cc1ccc(OCc2cc(N)cc(Br)c2)c(Br)c1. The van der Waals surface area contributed by atoms with Gasteiger partial charge in [-0.3, -0.25) is 0 Å². The lowest BCUT2D eigenvalue weighted by Crippen LogP contribution is -1.97. The highest BCUT2D eigenvalue weighted by molar-refractivity contribution is 9.10. The van der Waals surface area contributed by atoms with Crippen molar-refractivity contribution in [1.82, 2.24) is 0 Å². The standard InChI is InChI=1S/C14H13Br2NO/c1-9-2-3-14(13(16)4-9)18-8-10-5-11(15)7-12(17)6-10/h2-7H,8,17H2,1H3. The highest BCUT2D eigenvalue weighted by Gasteiger charge is 2.03. The van der Waals surface area contributed by atoms with Gasteiger partial charge in [-0.1, -0.05) is 22.0 Å². The number of ether oxygens (including phenoxy) is 1. The van der Waals surface area contributed by atoms with E-state index < -0.39 is 0 Å². The number of benzene rings is 2. The van der Waals surface area contributed by atoms with Gasteiger partial charge in [0.1, 0.15) is 12.4 Å². The zero-order valence-electron chi connectivity index (χ0n) is 9.91. The Balaban J connectivity index is 2.11. The second-order valence-electron chi connectivity index (χ2n) is 4.12. The van der Waals surface area contributed by atoms with E-state index >= 15 is 0 Å². The summed E-state index contributed by atoms with van der Waals surface area (Å²) in [6, 6.07) is 11.8. The third-order valence-corrected chi connectivity index (χ3v) is 3.54. The van der Waals surface area contributed by atoms with Crippen molar-refractivity contribution < 1.29 is 4.74 Å². The number of aryl methyl sites for hydroxylation is 1. The van der Waals surface area contributed by atoms with Crippen molar-refractivity contribution in [2.75, 3.05) is 5.73 Å². The van der Waals surface area contributed by atoms with E-state index in [-0.39, 0.29) is 0 Å². The van der Waals surface area contributed by atoms with Crippen molar-refractivity contribution in [1.29, 1.82) is 0 Å². The van der Waals surface area contributed by atoms with Gasteiger partial charge in [0.2, 0.25) is 0 Å². The molecule has 0 aromatic heterocycles. The molecular formula is C14H13Br2NO. The maximum absolute atomic E-state index is 5.78. The van der Waals surface area contributed by atoms with E-state index in [0.717, 1.165) is 25.9 Å². The van der Waals surface area contributed by atoms with Crippen molar-refractivity contribution >= 4 is 37.5 Å². The lowest BCUT2D eigenvalue weighted by molar-refractivity contribution is 0.304. The Kier molecular flexibility index (Phi) is 4.30. The quantitative estimate of drug-likeness (QED) is 0.796. The minimum absolute atomic E-state index is 0.491. The van der Waals surface area contributed by atoms with Crippen LogP contribution in [0.25, 0.3) is 0 Å². The smallest absolute Gasteiger partial charge is 0.134 e. The van der Waals surface area contributed by atoms with Crippen molar-refractivity contribution in [3.05, 3.63) is 56.5 Å². The summed E-state index contributed by atoms with van der Waals surface area (Å²) in [5, 5.41) is 0. The fraction of sp³-hybridized carbons (Fsp3) is 0.143. The topological polar surface area (TPSA) is 35.2 Å². The highest BCUT2D eigenvalue weighted by Crippen LogP contribution is 2.27. The molecule has 4 heteroatoms. The maximum Gasteiger partial charge on any atom is 0.134 e. The minimum atomic E-state index is 0.491. The summed E-state index contributed by atoms with van der Waals surface area (Å²) in [7, 11) is 0. The lowest BCUT2D eigenvalue weighted by atomic mass is 10.2. The lowest BCUT2D eigenvalue weighted by Gasteiger charge is -2.09. The van der Waals surface area contributed by atoms with Crippen LogP contribution in [0.1, 0.15) is 11.1 Å². The molecule has 0 heterocycles. The summed E-state index contributed by atoms with van der Waals surface area (Å²) in [4.78, 5) is 0. The molecule has 94 valence electrons. The largest absolute Gasteiger partial charge is 0.488 e. The van der Waals surface area contributed by atoms with Gasteiger partial charge in [0.15, 0.2) is 0 Å². The molecule has 2 aromatic carbocycles. The molecule has 0 aliphatic rings. The van der Waals surface area contributed by atoms with Gasteiger partial charge < -0.3 is 10.5 Å². The molecule has 0 saturated carbocycles. The first-order chi connectivity index (χ1) is 8.54. The molecule has 2 rings (SSSR count). The summed E-state index contributed by atoms with van der Waals surface area (Å²) in [6.07, 6.45) is 0. The van der Waals surface area contributed by atoms with Crippen molar-refractivity contribution in [3.63, 3.8) is 0 Å². The van der Waals surface area contributed by atoms with Crippen LogP contribution in [0.2, 0.25) is 0 Å². The molecule has 0 aliphatic carbocycles. The predicted molar refractivity (Wildman–Crippen MR) is 81.8 cm³/mol. The molecule has 0 spiro atoms. The zero-order chi connectivity index (χ0) is 13.1. The third kappa shape index (κ3) is 3.50. The van der Waals surface area contributed by atoms with Crippen LogP contribution in [0.3, 0.4) is 0 Å². The summed E-state index contributed by atoms with van der Waals surface area (Å²) in [5.74, 6) is 0.833. The van der Waals surface area contributed by atoms with E-state index in [1.54, 1.807) is 0 Å². The van der Waals surface area contributed by atoms with E-state index in [1.165, 1.54) is 5.56 Å². The molecular weight excluding hydrogens is 358 g/mol. The van der Waals surface area contributed by atoms with Crippen molar-refractivity contribution in [2.45, 2.75) is 13.5 Å².